The fourth-order valence-electron chi connectivity index (χ4n) is 3.50. The van der Waals surface area contributed by atoms with Crippen molar-refractivity contribution in [3.63, 3.8) is 0 Å². The molecule has 0 aliphatic carbocycles. The molecule has 0 saturated carbocycles. The van der Waals surface area contributed by atoms with Gasteiger partial charge in [0.2, 0.25) is 0 Å². The molecule has 0 bridgehead atoms. The molecule has 0 aromatic carbocycles. The van der Waals surface area contributed by atoms with E-state index in [0.717, 1.165) is 50.9 Å². The third-order valence-electron chi connectivity index (χ3n) is 5.19. The van der Waals surface area contributed by atoms with Gasteiger partial charge in [0.1, 0.15) is 18.0 Å². The maximum atomic E-state index is 4.54. The summed E-state index contributed by atoms with van der Waals surface area (Å²) in [5, 5.41) is 0. The summed E-state index contributed by atoms with van der Waals surface area (Å²) in [4.78, 5) is 16.5. The zero-order chi connectivity index (χ0) is 17.0. The predicted octanol–water partition coefficient (Wildman–Crippen LogP) is 3.03. The zero-order valence-electron chi connectivity index (χ0n) is 15.7. The van der Waals surface area contributed by atoms with Crippen molar-refractivity contribution in [1.82, 2.24) is 14.9 Å². The first-order valence-corrected chi connectivity index (χ1v) is 9.56. The molecule has 5 heteroatoms. The second-order valence-electron chi connectivity index (χ2n) is 8.42. The second-order valence-corrected chi connectivity index (χ2v) is 8.42. The van der Waals surface area contributed by atoms with Crippen molar-refractivity contribution >= 4 is 11.6 Å². The number of aromatic nitrogens is 2. The summed E-state index contributed by atoms with van der Waals surface area (Å²) in [5.74, 6) is 2.20. The Morgan fingerprint density at radius 3 is 2.00 bits per heavy atom. The third-order valence-corrected chi connectivity index (χ3v) is 5.19. The fraction of sp³-hybridized carbons (Fsp3) is 0.789. The standard InChI is InChI=1S/C19H33N5/c1-19(2,3)7-10-22-11-13-24(14-12-22)18-15-17(20-16-21-18)23-8-5-4-6-9-23/h15-16H,4-14H2,1-3H3. The van der Waals surface area contributed by atoms with Gasteiger partial charge < -0.3 is 9.80 Å². The van der Waals surface area contributed by atoms with Crippen LogP contribution in [0, 0.1) is 5.41 Å². The lowest BCUT2D eigenvalue weighted by atomic mass is 9.92. The van der Waals surface area contributed by atoms with Gasteiger partial charge >= 0.3 is 0 Å². The van der Waals surface area contributed by atoms with Crippen LogP contribution in [0.5, 0.6) is 0 Å². The Kier molecular flexibility index (Phi) is 5.59. The van der Waals surface area contributed by atoms with E-state index in [9.17, 15) is 0 Å². The Morgan fingerprint density at radius 1 is 0.833 bits per heavy atom. The molecule has 0 N–H and O–H groups in total. The van der Waals surface area contributed by atoms with E-state index in [4.69, 9.17) is 0 Å². The summed E-state index contributed by atoms with van der Waals surface area (Å²) in [5.41, 5.74) is 0.424. The van der Waals surface area contributed by atoms with E-state index in [1.54, 1.807) is 6.33 Å². The highest BCUT2D eigenvalue weighted by molar-refractivity contribution is 5.50. The number of piperidine rings is 1. The van der Waals surface area contributed by atoms with Gasteiger partial charge in [-0.15, -0.1) is 0 Å². The first-order valence-electron chi connectivity index (χ1n) is 9.56. The topological polar surface area (TPSA) is 35.5 Å². The lowest BCUT2D eigenvalue weighted by Crippen LogP contribution is -2.47. The Morgan fingerprint density at radius 2 is 1.42 bits per heavy atom. The van der Waals surface area contributed by atoms with Crippen molar-refractivity contribution in [2.45, 2.75) is 46.5 Å². The number of hydrogen-bond donors (Lipinski definition) is 0. The fourth-order valence-corrected chi connectivity index (χ4v) is 3.50. The van der Waals surface area contributed by atoms with Crippen LogP contribution in [0.4, 0.5) is 11.6 Å². The maximum Gasteiger partial charge on any atom is 0.134 e. The number of hydrogen-bond acceptors (Lipinski definition) is 5. The van der Waals surface area contributed by atoms with Crippen LogP contribution >= 0.6 is 0 Å². The van der Waals surface area contributed by atoms with Crippen LogP contribution in [0.2, 0.25) is 0 Å². The predicted molar refractivity (Wildman–Crippen MR) is 101 cm³/mol. The van der Waals surface area contributed by atoms with Gasteiger partial charge in [0, 0.05) is 45.3 Å². The van der Waals surface area contributed by atoms with Crippen LogP contribution in [-0.2, 0) is 0 Å². The van der Waals surface area contributed by atoms with Crippen molar-refractivity contribution in [2.24, 2.45) is 5.41 Å². The van der Waals surface area contributed by atoms with Crippen LogP contribution < -0.4 is 9.80 Å². The quantitative estimate of drug-likeness (QED) is 0.847. The van der Waals surface area contributed by atoms with Crippen LogP contribution in [0.25, 0.3) is 0 Å². The Balaban J connectivity index is 1.54. The number of piperazine rings is 1. The van der Waals surface area contributed by atoms with E-state index in [0.29, 0.717) is 5.41 Å². The summed E-state index contributed by atoms with van der Waals surface area (Å²) in [6, 6.07) is 2.19. The lowest BCUT2D eigenvalue weighted by Gasteiger charge is -2.37. The molecular formula is C19H33N5. The van der Waals surface area contributed by atoms with Gasteiger partial charge in [-0.3, -0.25) is 4.90 Å². The zero-order valence-corrected chi connectivity index (χ0v) is 15.7. The minimum Gasteiger partial charge on any atom is -0.356 e. The van der Waals surface area contributed by atoms with Gasteiger partial charge in [-0.1, -0.05) is 20.8 Å². The van der Waals surface area contributed by atoms with Crippen LogP contribution in [-0.4, -0.2) is 60.7 Å². The molecule has 3 heterocycles. The normalized spacial score (nSPS) is 20.5. The average Bonchev–Trinajstić information content (AvgIpc) is 2.61. The van der Waals surface area contributed by atoms with Gasteiger partial charge in [0.25, 0.3) is 0 Å². The smallest absolute Gasteiger partial charge is 0.134 e. The molecule has 2 aliphatic rings. The first-order chi connectivity index (χ1) is 11.5. The monoisotopic (exact) mass is 331 g/mol. The van der Waals surface area contributed by atoms with Gasteiger partial charge in [0.15, 0.2) is 0 Å². The van der Waals surface area contributed by atoms with Gasteiger partial charge in [0.05, 0.1) is 0 Å². The van der Waals surface area contributed by atoms with Crippen LogP contribution in [0.1, 0.15) is 46.5 Å². The second kappa shape index (κ2) is 7.68. The largest absolute Gasteiger partial charge is 0.356 e. The molecule has 24 heavy (non-hydrogen) atoms. The van der Waals surface area contributed by atoms with Gasteiger partial charge in [-0.2, -0.15) is 0 Å². The van der Waals surface area contributed by atoms with Gasteiger partial charge in [-0.05, 0) is 37.6 Å². The highest BCUT2D eigenvalue weighted by atomic mass is 15.3. The highest BCUT2D eigenvalue weighted by Crippen LogP contribution is 2.23. The summed E-state index contributed by atoms with van der Waals surface area (Å²) < 4.78 is 0. The molecule has 2 fully saturated rings. The molecule has 0 spiro atoms. The van der Waals surface area contributed by atoms with E-state index in [-0.39, 0.29) is 0 Å². The molecule has 134 valence electrons. The van der Waals surface area contributed by atoms with E-state index in [2.05, 4.69) is 51.5 Å². The summed E-state index contributed by atoms with van der Waals surface area (Å²) >= 11 is 0. The van der Waals surface area contributed by atoms with Crippen LogP contribution in [0.15, 0.2) is 12.4 Å². The van der Waals surface area contributed by atoms with Crippen molar-refractivity contribution in [3.8, 4) is 0 Å². The lowest BCUT2D eigenvalue weighted by molar-refractivity contribution is 0.217. The first kappa shape index (κ1) is 17.5. The summed E-state index contributed by atoms with van der Waals surface area (Å²) in [6.07, 6.45) is 6.92. The Hall–Kier alpha value is -1.36. The van der Waals surface area contributed by atoms with Crippen molar-refractivity contribution in [1.29, 1.82) is 0 Å². The van der Waals surface area contributed by atoms with Gasteiger partial charge in [-0.25, -0.2) is 9.97 Å². The molecule has 3 rings (SSSR count). The highest BCUT2D eigenvalue weighted by Gasteiger charge is 2.21. The Labute approximate surface area is 147 Å². The summed E-state index contributed by atoms with van der Waals surface area (Å²) in [6.45, 7) is 14.9. The molecular weight excluding hydrogens is 298 g/mol. The molecule has 0 atom stereocenters. The minimum atomic E-state index is 0.424. The molecule has 1 aromatic heterocycles. The SMILES string of the molecule is CC(C)(C)CCN1CCN(c2cc(N3CCCCC3)ncn2)CC1. The van der Waals surface area contributed by atoms with E-state index in [1.165, 1.54) is 32.2 Å². The molecule has 0 amide bonds. The molecule has 0 radical (unpaired) electrons. The molecule has 2 saturated heterocycles. The molecule has 5 nitrogen and oxygen atoms in total. The Bertz CT molecular complexity index is 511. The number of anilines is 2. The third kappa shape index (κ3) is 4.82. The van der Waals surface area contributed by atoms with Crippen LogP contribution in [0.3, 0.4) is 0 Å². The van der Waals surface area contributed by atoms with Crippen molar-refractivity contribution in [2.75, 3.05) is 55.6 Å². The number of rotatable bonds is 4. The molecule has 2 aliphatic heterocycles. The van der Waals surface area contributed by atoms with E-state index < -0.39 is 0 Å². The maximum absolute atomic E-state index is 4.54. The minimum absolute atomic E-state index is 0.424. The van der Waals surface area contributed by atoms with E-state index >= 15 is 0 Å². The van der Waals surface area contributed by atoms with E-state index in [1.807, 2.05) is 0 Å². The van der Waals surface area contributed by atoms with Crippen molar-refractivity contribution in [3.05, 3.63) is 12.4 Å². The summed E-state index contributed by atoms with van der Waals surface area (Å²) in [7, 11) is 0. The molecule has 1 aromatic rings. The van der Waals surface area contributed by atoms with Crippen molar-refractivity contribution < 1.29 is 0 Å². The molecule has 0 unspecified atom stereocenters. The average molecular weight is 332 g/mol. The number of nitrogens with zero attached hydrogens (tertiary/aromatic N) is 5.